The number of carbonyl (C=O) groups excluding carboxylic acids is 1. The molecule has 0 bridgehead atoms. The Labute approximate surface area is 128 Å². The summed E-state index contributed by atoms with van der Waals surface area (Å²) in [6.07, 6.45) is 0.167. The molecule has 0 saturated carbocycles. The van der Waals surface area contributed by atoms with Crippen molar-refractivity contribution in [3.8, 4) is 11.5 Å². The Hall–Kier alpha value is -1.50. The third-order valence-corrected chi connectivity index (χ3v) is 3.46. The maximum absolute atomic E-state index is 12.1. The number of nitrogens with one attached hydrogen (secondary N) is 2. The van der Waals surface area contributed by atoms with Gasteiger partial charge in [0.25, 0.3) is 0 Å². The predicted octanol–water partition coefficient (Wildman–Crippen LogP) is 1.67. The van der Waals surface area contributed by atoms with Crippen molar-refractivity contribution < 1.29 is 19.0 Å². The fourth-order valence-corrected chi connectivity index (χ4v) is 2.35. The Morgan fingerprint density at radius 1 is 1.43 bits per heavy atom. The van der Waals surface area contributed by atoms with Crippen LogP contribution in [0.5, 0.6) is 11.5 Å². The number of hydrogen-bond acceptors (Lipinski definition) is 5. The van der Waals surface area contributed by atoms with Gasteiger partial charge in [-0.25, -0.2) is 0 Å². The van der Waals surface area contributed by atoms with Gasteiger partial charge in [-0.1, -0.05) is 11.6 Å². The van der Waals surface area contributed by atoms with E-state index < -0.39 is 0 Å². The van der Waals surface area contributed by atoms with Crippen molar-refractivity contribution in [2.45, 2.75) is 12.5 Å². The second-order valence-corrected chi connectivity index (χ2v) is 5.04. The van der Waals surface area contributed by atoms with E-state index in [1.165, 1.54) is 14.2 Å². The maximum Gasteiger partial charge on any atom is 0.227 e. The lowest BCUT2D eigenvalue weighted by Gasteiger charge is -2.23. The number of benzene rings is 1. The van der Waals surface area contributed by atoms with Crippen molar-refractivity contribution in [3.63, 3.8) is 0 Å². The number of ether oxygens (including phenoxy) is 3. The van der Waals surface area contributed by atoms with E-state index in [9.17, 15) is 4.79 Å². The average molecular weight is 315 g/mol. The molecular formula is C14H19ClN2O4. The van der Waals surface area contributed by atoms with Crippen LogP contribution in [-0.4, -0.2) is 45.9 Å². The summed E-state index contributed by atoms with van der Waals surface area (Å²) in [6, 6.07) is 3.24. The molecule has 1 unspecified atom stereocenters. The van der Waals surface area contributed by atoms with Gasteiger partial charge in [-0.05, 0) is 0 Å². The number of halogens is 1. The highest BCUT2D eigenvalue weighted by atomic mass is 35.5. The van der Waals surface area contributed by atoms with Crippen LogP contribution in [0, 0.1) is 0 Å². The maximum atomic E-state index is 12.1. The lowest BCUT2D eigenvalue weighted by molar-refractivity contribution is -0.119. The smallest absolute Gasteiger partial charge is 0.227 e. The van der Waals surface area contributed by atoms with Crippen LogP contribution in [0.4, 0.5) is 5.69 Å². The zero-order valence-electron chi connectivity index (χ0n) is 12.1. The number of hydrogen-bond donors (Lipinski definition) is 2. The van der Waals surface area contributed by atoms with Gasteiger partial charge in [-0.3, -0.25) is 4.79 Å². The summed E-state index contributed by atoms with van der Waals surface area (Å²) in [4.78, 5) is 12.1. The third kappa shape index (κ3) is 4.23. The first-order valence-electron chi connectivity index (χ1n) is 6.67. The molecule has 1 heterocycles. The summed E-state index contributed by atoms with van der Waals surface area (Å²) in [5.41, 5.74) is 0.521. The van der Waals surface area contributed by atoms with Crippen LogP contribution in [0.3, 0.4) is 0 Å². The predicted molar refractivity (Wildman–Crippen MR) is 80.4 cm³/mol. The third-order valence-electron chi connectivity index (χ3n) is 3.17. The summed E-state index contributed by atoms with van der Waals surface area (Å²) >= 11 is 6.03. The summed E-state index contributed by atoms with van der Waals surface area (Å²) in [5.74, 6) is 0.812. The minimum absolute atomic E-state index is 0.112. The second kappa shape index (κ2) is 7.49. The van der Waals surface area contributed by atoms with E-state index >= 15 is 0 Å². The van der Waals surface area contributed by atoms with Gasteiger partial charge in [0, 0.05) is 25.2 Å². The SMILES string of the molecule is COc1cc(NC(=O)CC2CNCCO2)c(OC)cc1Cl. The highest BCUT2D eigenvalue weighted by molar-refractivity contribution is 6.32. The van der Waals surface area contributed by atoms with E-state index in [1.54, 1.807) is 12.1 Å². The van der Waals surface area contributed by atoms with Crippen LogP contribution < -0.4 is 20.1 Å². The van der Waals surface area contributed by atoms with Gasteiger partial charge in [0.15, 0.2) is 0 Å². The molecule has 6 nitrogen and oxygen atoms in total. The Balaban J connectivity index is 2.05. The van der Waals surface area contributed by atoms with Crippen molar-refractivity contribution >= 4 is 23.2 Å². The van der Waals surface area contributed by atoms with Crippen LogP contribution in [0.25, 0.3) is 0 Å². The molecule has 0 aliphatic carbocycles. The van der Waals surface area contributed by atoms with Gasteiger partial charge >= 0.3 is 0 Å². The minimum Gasteiger partial charge on any atom is -0.495 e. The fourth-order valence-electron chi connectivity index (χ4n) is 2.12. The molecule has 116 valence electrons. The second-order valence-electron chi connectivity index (χ2n) is 4.64. The Morgan fingerprint density at radius 2 is 2.19 bits per heavy atom. The summed E-state index contributed by atoms with van der Waals surface area (Å²) in [5, 5.41) is 6.41. The quantitative estimate of drug-likeness (QED) is 0.865. The molecule has 1 aromatic carbocycles. The fraction of sp³-hybridized carbons (Fsp3) is 0.500. The number of rotatable bonds is 5. The van der Waals surface area contributed by atoms with Crippen LogP contribution in [-0.2, 0) is 9.53 Å². The molecule has 1 aromatic rings. The van der Waals surface area contributed by atoms with Gasteiger partial charge < -0.3 is 24.8 Å². The van der Waals surface area contributed by atoms with Gasteiger partial charge in [0.05, 0.1) is 44.1 Å². The first-order chi connectivity index (χ1) is 10.1. The Bertz CT molecular complexity index is 504. The highest BCUT2D eigenvalue weighted by Gasteiger charge is 2.19. The van der Waals surface area contributed by atoms with Gasteiger partial charge in [-0.2, -0.15) is 0 Å². The van der Waals surface area contributed by atoms with Gasteiger partial charge in [-0.15, -0.1) is 0 Å². The molecule has 21 heavy (non-hydrogen) atoms. The molecule has 0 aromatic heterocycles. The Kier molecular flexibility index (Phi) is 5.67. The van der Waals surface area contributed by atoms with Crippen molar-refractivity contribution in [3.05, 3.63) is 17.2 Å². The van der Waals surface area contributed by atoms with Crippen LogP contribution >= 0.6 is 11.6 Å². The van der Waals surface area contributed by atoms with Crippen molar-refractivity contribution in [1.82, 2.24) is 5.32 Å². The normalized spacial score (nSPS) is 18.1. The van der Waals surface area contributed by atoms with Crippen LogP contribution in [0.15, 0.2) is 12.1 Å². The molecule has 1 amide bonds. The standard InChI is InChI=1S/C14H19ClN2O4/c1-19-12-7-11(13(20-2)6-10(12)15)17-14(18)5-9-8-16-3-4-21-9/h6-7,9,16H,3-5,8H2,1-2H3,(H,17,18). The molecule has 1 atom stereocenters. The molecule has 7 heteroatoms. The monoisotopic (exact) mass is 314 g/mol. The molecule has 1 saturated heterocycles. The van der Waals surface area contributed by atoms with Gasteiger partial charge in [0.1, 0.15) is 11.5 Å². The Morgan fingerprint density at radius 3 is 2.81 bits per heavy atom. The molecular weight excluding hydrogens is 296 g/mol. The van der Waals surface area contributed by atoms with E-state index in [1.807, 2.05) is 0 Å². The van der Waals surface area contributed by atoms with Crippen molar-refractivity contribution in [1.29, 1.82) is 0 Å². The highest BCUT2D eigenvalue weighted by Crippen LogP contribution is 2.35. The van der Waals surface area contributed by atoms with Gasteiger partial charge in [0.2, 0.25) is 5.91 Å². The first kappa shape index (κ1) is 15.9. The number of amides is 1. The number of methoxy groups -OCH3 is 2. The van der Waals surface area contributed by atoms with Crippen molar-refractivity contribution in [2.75, 3.05) is 39.2 Å². The summed E-state index contributed by atoms with van der Waals surface area (Å²) in [6.45, 7) is 2.12. The minimum atomic E-state index is -0.147. The van der Waals surface area contributed by atoms with E-state index in [4.69, 9.17) is 25.8 Å². The van der Waals surface area contributed by atoms with E-state index in [-0.39, 0.29) is 18.4 Å². The largest absolute Gasteiger partial charge is 0.495 e. The van der Waals surface area contributed by atoms with E-state index in [0.717, 1.165) is 6.54 Å². The zero-order valence-corrected chi connectivity index (χ0v) is 12.8. The number of carbonyl (C=O) groups is 1. The number of morpholine rings is 1. The van der Waals surface area contributed by atoms with Crippen LogP contribution in [0.2, 0.25) is 5.02 Å². The van der Waals surface area contributed by atoms with E-state index in [0.29, 0.717) is 35.4 Å². The topological polar surface area (TPSA) is 68.8 Å². The molecule has 1 aliphatic rings. The first-order valence-corrected chi connectivity index (χ1v) is 7.05. The average Bonchev–Trinajstić information content (AvgIpc) is 2.49. The molecule has 2 N–H and O–H groups in total. The van der Waals surface area contributed by atoms with E-state index in [2.05, 4.69) is 10.6 Å². The number of anilines is 1. The summed E-state index contributed by atoms with van der Waals surface area (Å²) in [7, 11) is 3.03. The lowest BCUT2D eigenvalue weighted by atomic mass is 10.2. The molecule has 1 fully saturated rings. The molecule has 0 radical (unpaired) electrons. The molecule has 2 rings (SSSR count). The van der Waals surface area contributed by atoms with Crippen LogP contribution in [0.1, 0.15) is 6.42 Å². The lowest BCUT2D eigenvalue weighted by Crippen LogP contribution is -2.40. The van der Waals surface area contributed by atoms with Crippen molar-refractivity contribution in [2.24, 2.45) is 0 Å². The molecule has 0 spiro atoms. The zero-order chi connectivity index (χ0) is 15.2. The molecule has 1 aliphatic heterocycles. The summed E-state index contributed by atoms with van der Waals surface area (Å²) < 4.78 is 15.9.